The van der Waals surface area contributed by atoms with E-state index in [1.54, 1.807) is 13.4 Å². The van der Waals surface area contributed by atoms with Gasteiger partial charge in [0.25, 0.3) is 0 Å². The number of aromatic nitrogens is 2. The zero-order chi connectivity index (χ0) is 14.9. The molecule has 0 aromatic carbocycles. The van der Waals surface area contributed by atoms with E-state index in [-0.39, 0.29) is 0 Å². The van der Waals surface area contributed by atoms with Crippen LogP contribution in [0.4, 0.5) is 11.6 Å². The number of rotatable bonds is 8. The quantitative estimate of drug-likeness (QED) is 0.758. The van der Waals surface area contributed by atoms with Crippen molar-refractivity contribution >= 4 is 23.4 Å². The molecule has 1 fully saturated rings. The second-order valence-corrected chi connectivity index (χ2v) is 6.14. The molecule has 7 heteroatoms. The zero-order valence-electron chi connectivity index (χ0n) is 12.9. The minimum Gasteiger partial charge on any atom is -0.490 e. The molecule has 21 heavy (non-hydrogen) atoms. The van der Waals surface area contributed by atoms with Crippen LogP contribution >= 0.6 is 11.8 Å². The molecule has 0 saturated carbocycles. The van der Waals surface area contributed by atoms with Gasteiger partial charge in [0.1, 0.15) is 6.33 Å². The van der Waals surface area contributed by atoms with Gasteiger partial charge in [-0.15, -0.1) is 0 Å². The van der Waals surface area contributed by atoms with E-state index in [9.17, 15) is 0 Å². The molecule has 118 valence electrons. The first-order chi connectivity index (χ1) is 10.3. The molecule has 1 aromatic heterocycles. The summed E-state index contributed by atoms with van der Waals surface area (Å²) >= 11 is 2.03. The van der Waals surface area contributed by atoms with Gasteiger partial charge in [-0.1, -0.05) is 6.92 Å². The van der Waals surface area contributed by atoms with E-state index >= 15 is 0 Å². The van der Waals surface area contributed by atoms with Crippen molar-refractivity contribution in [2.24, 2.45) is 0 Å². The molecule has 0 radical (unpaired) electrons. The standard InChI is InChI=1S/C14H25N5OS/c1-3-4-15-13-12(20-2)14(18-11-17-13)16-5-6-19-7-9-21-10-8-19/h11H,3-10H2,1-2H3,(H2,15,16,17,18). The number of methoxy groups -OCH3 is 1. The van der Waals surface area contributed by atoms with E-state index in [1.165, 1.54) is 24.6 Å². The fourth-order valence-corrected chi connectivity index (χ4v) is 3.20. The van der Waals surface area contributed by atoms with Crippen LogP contribution in [0.2, 0.25) is 0 Å². The Kier molecular flexibility index (Phi) is 6.88. The van der Waals surface area contributed by atoms with Gasteiger partial charge in [0, 0.05) is 44.2 Å². The summed E-state index contributed by atoms with van der Waals surface area (Å²) < 4.78 is 5.45. The molecular formula is C14H25N5OS. The SMILES string of the molecule is CCCNc1ncnc(NCCN2CCSCC2)c1OC. The van der Waals surface area contributed by atoms with Gasteiger partial charge in [-0.05, 0) is 6.42 Å². The Bertz CT molecular complexity index is 426. The Hall–Kier alpha value is -1.21. The normalized spacial score (nSPS) is 15.7. The molecule has 2 N–H and O–H groups in total. The lowest BCUT2D eigenvalue weighted by Crippen LogP contribution is -2.36. The summed E-state index contributed by atoms with van der Waals surface area (Å²) in [6.07, 6.45) is 2.61. The minimum absolute atomic E-state index is 0.695. The van der Waals surface area contributed by atoms with Crippen molar-refractivity contribution in [1.82, 2.24) is 14.9 Å². The maximum absolute atomic E-state index is 5.45. The van der Waals surface area contributed by atoms with Gasteiger partial charge in [0.2, 0.25) is 5.75 Å². The van der Waals surface area contributed by atoms with E-state index < -0.39 is 0 Å². The molecule has 0 atom stereocenters. The molecule has 0 amide bonds. The van der Waals surface area contributed by atoms with Crippen molar-refractivity contribution in [1.29, 1.82) is 0 Å². The summed E-state index contributed by atoms with van der Waals surface area (Å²) in [5.41, 5.74) is 0. The van der Waals surface area contributed by atoms with Gasteiger partial charge in [-0.25, -0.2) is 9.97 Å². The maximum Gasteiger partial charge on any atom is 0.204 e. The van der Waals surface area contributed by atoms with Crippen LogP contribution in [0.15, 0.2) is 6.33 Å². The van der Waals surface area contributed by atoms with Crippen molar-refractivity contribution < 1.29 is 4.74 Å². The van der Waals surface area contributed by atoms with Gasteiger partial charge >= 0.3 is 0 Å². The number of thioether (sulfide) groups is 1. The van der Waals surface area contributed by atoms with Crippen LogP contribution in [0.25, 0.3) is 0 Å². The van der Waals surface area contributed by atoms with Crippen LogP contribution in [0.3, 0.4) is 0 Å². The molecule has 1 aliphatic rings. The molecule has 1 aliphatic heterocycles. The van der Waals surface area contributed by atoms with E-state index in [0.717, 1.165) is 37.7 Å². The third-order valence-corrected chi connectivity index (χ3v) is 4.32. The molecule has 2 heterocycles. The molecule has 0 aliphatic carbocycles. The number of anilines is 2. The Morgan fingerprint density at radius 2 is 1.86 bits per heavy atom. The summed E-state index contributed by atoms with van der Waals surface area (Å²) in [5.74, 6) is 4.69. The smallest absolute Gasteiger partial charge is 0.204 e. The van der Waals surface area contributed by atoms with Crippen LogP contribution < -0.4 is 15.4 Å². The monoisotopic (exact) mass is 311 g/mol. The topological polar surface area (TPSA) is 62.3 Å². The van der Waals surface area contributed by atoms with Crippen molar-refractivity contribution in [2.75, 3.05) is 62.0 Å². The largest absolute Gasteiger partial charge is 0.490 e. The third kappa shape index (κ3) is 4.93. The molecule has 0 unspecified atom stereocenters. The van der Waals surface area contributed by atoms with Gasteiger partial charge in [-0.3, -0.25) is 4.90 Å². The lowest BCUT2D eigenvalue weighted by atomic mass is 10.4. The number of hydrogen-bond acceptors (Lipinski definition) is 7. The summed E-state index contributed by atoms with van der Waals surface area (Å²) in [7, 11) is 1.66. The van der Waals surface area contributed by atoms with Crippen molar-refractivity contribution in [3.63, 3.8) is 0 Å². The summed E-state index contributed by atoms with van der Waals surface area (Å²) in [4.78, 5) is 11.0. The average Bonchev–Trinajstić information content (AvgIpc) is 2.54. The Morgan fingerprint density at radius 1 is 1.19 bits per heavy atom. The Balaban J connectivity index is 1.89. The third-order valence-electron chi connectivity index (χ3n) is 3.37. The van der Waals surface area contributed by atoms with E-state index in [0.29, 0.717) is 5.75 Å². The predicted molar refractivity (Wildman–Crippen MR) is 89.6 cm³/mol. The fraction of sp³-hybridized carbons (Fsp3) is 0.714. The van der Waals surface area contributed by atoms with Crippen LogP contribution in [0, 0.1) is 0 Å². The second kappa shape index (κ2) is 8.94. The first-order valence-electron chi connectivity index (χ1n) is 7.52. The molecule has 1 saturated heterocycles. The van der Waals surface area contributed by atoms with E-state index in [2.05, 4.69) is 32.4 Å². The highest BCUT2D eigenvalue weighted by Gasteiger charge is 2.13. The number of nitrogens with zero attached hydrogens (tertiary/aromatic N) is 3. The van der Waals surface area contributed by atoms with Gasteiger partial charge in [0.05, 0.1) is 7.11 Å². The first kappa shape index (κ1) is 16.2. The van der Waals surface area contributed by atoms with Crippen LogP contribution in [-0.4, -0.2) is 66.2 Å². The molecule has 6 nitrogen and oxygen atoms in total. The minimum atomic E-state index is 0.695. The van der Waals surface area contributed by atoms with E-state index in [1.807, 2.05) is 11.8 Å². The summed E-state index contributed by atoms with van der Waals surface area (Å²) in [5, 5.41) is 6.63. The van der Waals surface area contributed by atoms with Crippen molar-refractivity contribution in [2.45, 2.75) is 13.3 Å². The number of nitrogens with one attached hydrogen (secondary N) is 2. The highest BCUT2D eigenvalue weighted by molar-refractivity contribution is 7.99. The lowest BCUT2D eigenvalue weighted by molar-refractivity contribution is 0.314. The van der Waals surface area contributed by atoms with Gasteiger partial charge in [-0.2, -0.15) is 11.8 Å². The van der Waals surface area contributed by atoms with Crippen LogP contribution in [-0.2, 0) is 0 Å². The first-order valence-corrected chi connectivity index (χ1v) is 8.67. The highest BCUT2D eigenvalue weighted by Crippen LogP contribution is 2.28. The van der Waals surface area contributed by atoms with E-state index in [4.69, 9.17) is 4.74 Å². The van der Waals surface area contributed by atoms with Gasteiger partial charge < -0.3 is 15.4 Å². The van der Waals surface area contributed by atoms with Crippen LogP contribution in [0.5, 0.6) is 5.75 Å². The molecule has 2 rings (SSSR count). The fourth-order valence-electron chi connectivity index (χ4n) is 2.22. The molecule has 1 aromatic rings. The number of ether oxygens (including phenoxy) is 1. The molecular weight excluding hydrogens is 286 g/mol. The lowest BCUT2D eigenvalue weighted by Gasteiger charge is -2.26. The Morgan fingerprint density at radius 3 is 2.48 bits per heavy atom. The van der Waals surface area contributed by atoms with Gasteiger partial charge in [0.15, 0.2) is 11.6 Å². The second-order valence-electron chi connectivity index (χ2n) is 4.91. The van der Waals surface area contributed by atoms with Crippen LogP contribution in [0.1, 0.15) is 13.3 Å². The Labute approximate surface area is 131 Å². The molecule has 0 spiro atoms. The summed E-state index contributed by atoms with van der Waals surface area (Å²) in [6, 6.07) is 0. The maximum atomic E-state index is 5.45. The number of hydrogen-bond donors (Lipinski definition) is 2. The van der Waals surface area contributed by atoms with Crippen molar-refractivity contribution in [3.8, 4) is 5.75 Å². The molecule has 0 bridgehead atoms. The highest BCUT2D eigenvalue weighted by atomic mass is 32.2. The summed E-state index contributed by atoms with van der Waals surface area (Å²) in [6.45, 7) is 7.25. The predicted octanol–water partition coefficient (Wildman–Crippen LogP) is 1.77. The van der Waals surface area contributed by atoms with Crippen molar-refractivity contribution in [3.05, 3.63) is 6.33 Å². The average molecular weight is 311 g/mol. The zero-order valence-corrected chi connectivity index (χ0v) is 13.7.